The van der Waals surface area contributed by atoms with Gasteiger partial charge in [0.2, 0.25) is 11.8 Å². The van der Waals surface area contributed by atoms with E-state index in [9.17, 15) is 9.59 Å². The molecule has 0 fully saturated rings. The molecule has 0 aromatic heterocycles. The fraction of sp³-hybridized carbons (Fsp3) is 0.800. The Morgan fingerprint density at radius 2 is 1.87 bits per heavy atom. The van der Waals surface area contributed by atoms with Crippen molar-refractivity contribution in [3.63, 3.8) is 0 Å². The number of amides is 2. The molecule has 88 valence electrons. The van der Waals surface area contributed by atoms with Gasteiger partial charge in [-0.15, -0.1) is 11.6 Å². The Hall–Kier alpha value is -0.770. The minimum Gasteiger partial charge on any atom is -0.356 e. The van der Waals surface area contributed by atoms with Crippen LogP contribution < -0.4 is 10.6 Å². The van der Waals surface area contributed by atoms with Crippen LogP contribution in [0.1, 0.15) is 33.1 Å². The molecule has 0 spiro atoms. The van der Waals surface area contributed by atoms with Gasteiger partial charge in [0.05, 0.1) is 0 Å². The van der Waals surface area contributed by atoms with Crippen LogP contribution in [0.25, 0.3) is 0 Å². The van der Waals surface area contributed by atoms with Crippen LogP contribution in [0.4, 0.5) is 0 Å². The van der Waals surface area contributed by atoms with Crippen molar-refractivity contribution >= 4 is 23.4 Å². The molecule has 0 aliphatic carbocycles. The first-order valence-corrected chi connectivity index (χ1v) is 5.71. The third-order valence-electron chi connectivity index (χ3n) is 1.66. The van der Waals surface area contributed by atoms with Crippen molar-refractivity contribution in [1.29, 1.82) is 0 Å². The van der Waals surface area contributed by atoms with Gasteiger partial charge in [0.15, 0.2) is 0 Å². The zero-order chi connectivity index (χ0) is 11.7. The maximum Gasteiger partial charge on any atom is 0.221 e. The maximum atomic E-state index is 11.2. The molecule has 0 aromatic carbocycles. The van der Waals surface area contributed by atoms with Gasteiger partial charge in [0.1, 0.15) is 0 Å². The van der Waals surface area contributed by atoms with E-state index in [2.05, 4.69) is 10.6 Å². The summed E-state index contributed by atoms with van der Waals surface area (Å²) in [5.74, 6) is 0.400. The molecule has 5 heteroatoms. The lowest BCUT2D eigenvalue weighted by molar-refractivity contribution is -0.122. The Kier molecular flexibility index (Phi) is 8.09. The van der Waals surface area contributed by atoms with Crippen molar-refractivity contribution in [2.75, 3.05) is 12.4 Å². The molecule has 0 atom stereocenters. The Morgan fingerprint density at radius 1 is 1.20 bits per heavy atom. The molecule has 4 nitrogen and oxygen atoms in total. The van der Waals surface area contributed by atoms with Gasteiger partial charge in [-0.2, -0.15) is 0 Å². The molecule has 0 bridgehead atoms. The maximum absolute atomic E-state index is 11.2. The molecule has 15 heavy (non-hydrogen) atoms. The third kappa shape index (κ3) is 9.53. The summed E-state index contributed by atoms with van der Waals surface area (Å²) >= 11 is 5.44. The molecule has 0 unspecified atom stereocenters. The van der Waals surface area contributed by atoms with Gasteiger partial charge in [0.25, 0.3) is 0 Å². The number of rotatable bonds is 7. The highest BCUT2D eigenvalue weighted by atomic mass is 35.5. The lowest BCUT2D eigenvalue weighted by Gasteiger charge is -2.08. The Labute approximate surface area is 95.7 Å². The van der Waals surface area contributed by atoms with Crippen molar-refractivity contribution in [1.82, 2.24) is 10.6 Å². The highest BCUT2D eigenvalue weighted by molar-refractivity contribution is 6.17. The van der Waals surface area contributed by atoms with Crippen molar-refractivity contribution in [2.24, 2.45) is 0 Å². The molecule has 0 saturated heterocycles. The molecular weight excluding hydrogens is 216 g/mol. The Morgan fingerprint density at radius 3 is 2.40 bits per heavy atom. The van der Waals surface area contributed by atoms with Gasteiger partial charge in [-0.25, -0.2) is 0 Å². The zero-order valence-electron chi connectivity index (χ0n) is 9.31. The Bertz CT molecular complexity index is 208. The second-order valence-corrected chi connectivity index (χ2v) is 3.99. The van der Waals surface area contributed by atoms with E-state index in [1.54, 1.807) is 0 Å². The highest BCUT2D eigenvalue weighted by Crippen LogP contribution is 1.91. The van der Waals surface area contributed by atoms with Crippen molar-refractivity contribution < 1.29 is 9.59 Å². The van der Waals surface area contributed by atoms with E-state index in [0.717, 1.165) is 0 Å². The van der Waals surface area contributed by atoms with Crippen LogP contribution in [-0.2, 0) is 9.59 Å². The van der Waals surface area contributed by atoms with Crippen LogP contribution in [0.2, 0.25) is 0 Å². The van der Waals surface area contributed by atoms with Crippen molar-refractivity contribution in [3.05, 3.63) is 0 Å². The number of hydrogen-bond donors (Lipinski definition) is 2. The first-order chi connectivity index (χ1) is 7.06. The molecule has 0 aliphatic rings. The zero-order valence-corrected chi connectivity index (χ0v) is 10.1. The van der Waals surface area contributed by atoms with Gasteiger partial charge < -0.3 is 10.6 Å². The van der Waals surface area contributed by atoms with Gasteiger partial charge in [0, 0.05) is 31.3 Å². The topological polar surface area (TPSA) is 58.2 Å². The summed E-state index contributed by atoms with van der Waals surface area (Å²) in [6.45, 7) is 4.19. The second-order valence-electron chi connectivity index (χ2n) is 3.61. The Balaban J connectivity index is 3.44. The van der Waals surface area contributed by atoms with Crippen LogP contribution in [0.3, 0.4) is 0 Å². The van der Waals surface area contributed by atoms with Crippen molar-refractivity contribution in [2.45, 2.75) is 39.2 Å². The van der Waals surface area contributed by atoms with Crippen LogP contribution in [0.5, 0.6) is 0 Å². The highest BCUT2D eigenvalue weighted by Gasteiger charge is 2.04. The smallest absolute Gasteiger partial charge is 0.221 e. The summed E-state index contributed by atoms with van der Waals surface area (Å²) in [7, 11) is 0. The minimum atomic E-state index is -0.0482. The van der Waals surface area contributed by atoms with Gasteiger partial charge >= 0.3 is 0 Å². The third-order valence-corrected chi connectivity index (χ3v) is 1.93. The summed E-state index contributed by atoms with van der Waals surface area (Å²) in [4.78, 5) is 22.3. The molecule has 2 amide bonds. The summed E-state index contributed by atoms with van der Waals surface area (Å²) in [5, 5.41) is 5.41. The molecule has 0 aliphatic heterocycles. The lowest BCUT2D eigenvalue weighted by Crippen LogP contribution is -2.34. The summed E-state index contributed by atoms with van der Waals surface area (Å²) in [6, 6.07) is 0.143. The summed E-state index contributed by atoms with van der Waals surface area (Å²) < 4.78 is 0. The molecule has 0 aromatic rings. The predicted molar refractivity (Wildman–Crippen MR) is 60.9 cm³/mol. The molecule has 0 rings (SSSR count). The average molecular weight is 235 g/mol. The monoisotopic (exact) mass is 234 g/mol. The second kappa shape index (κ2) is 8.53. The molecule has 0 saturated carbocycles. The van der Waals surface area contributed by atoms with E-state index in [1.807, 2.05) is 13.8 Å². The van der Waals surface area contributed by atoms with E-state index >= 15 is 0 Å². The number of hydrogen-bond acceptors (Lipinski definition) is 2. The van der Waals surface area contributed by atoms with E-state index in [4.69, 9.17) is 11.6 Å². The average Bonchev–Trinajstić information content (AvgIpc) is 2.13. The standard InChI is InChI=1S/C10H19ClN2O2/c1-8(2)13-10(15)5-7-12-9(14)4-3-6-11/h8H,3-7H2,1-2H3,(H,12,14)(H,13,15). The summed E-state index contributed by atoms with van der Waals surface area (Å²) in [5.41, 5.74) is 0. The number of carbonyl (C=O) groups excluding carboxylic acids is 2. The quantitative estimate of drug-likeness (QED) is 0.647. The predicted octanol–water partition coefficient (Wildman–Crippen LogP) is 1.04. The SMILES string of the molecule is CC(C)NC(=O)CCNC(=O)CCCCl. The number of halogens is 1. The van der Waals surface area contributed by atoms with Crippen LogP contribution >= 0.6 is 11.6 Å². The summed E-state index contributed by atoms with van der Waals surface area (Å²) in [6.07, 6.45) is 1.42. The van der Waals surface area contributed by atoms with Crippen LogP contribution in [0, 0.1) is 0 Å². The fourth-order valence-electron chi connectivity index (χ4n) is 1.03. The molecular formula is C10H19ClN2O2. The largest absolute Gasteiger partial charge is 0.356 e. The number of nitrogens with one attached hydrogen (secondary N) is 2. The van der Waals surface area contributed by atoms with Crippen LogP contribution in [-0.4, -0.2) is 30.3 Å². The van der Waals surface area contributed by atoms with E-state index < -0.39 is 0 Å². The number of alkyl halides is 1. The fourth-order valence-corrected chi connectivity index (χ4v) is 1.16. The van der Waals surface area contributed by atoms with Crippen LogP contribution in [0.15, 0.2) is 0 Å². The van der Waals surface area contributed by atoms with E-state index in [0.29, 0.717) is 31.7 Å². The van der Waals surface area contributed by atoms with Gasteiger partial charge in [-0.1, -0.05) is 0 Å². The van der Waals surface area contributed by atoms with E-state index in [1.165, 1.54) is 0 Å². The number of carbonyl (C=O) groups is 2. The molecule has 0 radical (unpaired) electrons. The minimum absolute atomic E-state index is 0.0392. The molecule has 0 heterocycles. The molecule has 2 N–H and O–H groups in total. The van der Waals surface area contributed by atoms with E-state index in [-0.39, 0.29) is 17.9 Å². The van der Waals surface area contributed by atoms with Crippen molar-refractivity contribution in [3.8, 4) is 0 Å². The first kappa shape index (κ1) is 14.2. The normalized spacial score (nSPS) is 10.1. The lowest BCUT2D eigenvalue weighted by atomic mass is 10.3. The van der Waals surface area contributed by atoms with Gasteiger partial charge in [-0.05, 0) is 20.3 Å². The van der Waals surface area contributed by atoms with Gasteiger partial charge in [-0.3, -0.25) is 9.59 Å². The first-order valence-electron chi connectivity index (χ1n) is 5.18.